The number of halogens is 3. The summed E-state index contributed by atoms with van der Waals surface area (Å²) in [6.45, 7) is 3.53. The molecular weight excluding hydrogens is 446 g/mol. The topological polar surface area (TPSA) is 103 Å². The van der Waals surface area contributed by atoms with E-state index in [9.17, 15) is 14.0 Å². The first kappa shape index (κ1) is 20.8. The second kappa shape index (κ2) is 8.01. The SMILES string of the molecule is Cc1cc2c(nc1C)c(=O)c(C(=O)Nc1ccc(Cl)nn1)nn2-c1ccc(Cl)cc1F. The predicted octanol–water partition coefficient (Wildman–Crippen LogP) is 3.89. The van der Waals surface area contributed by atoms with Crippen molar-refractivity contribution in [2.75, 3.05) is 5.32 Å². The van der Waals surface area contributed by atoms with Crippen molar-refractivity contribution in [2.24, 2.45) is 0 Å². The van der Waals surface area contributed by atoms with Crippen molar-refractivity contribution >= 4 is 46.0 Å². The molecule has 0 saturated heterocycles. The molecule has 4 rings (SSSR count). The molecule has 0 aliphatic heterocycles. The third-order valence-corrected chi connectivity index (χ3v) is 4.97. The molecule has 0 atom stereocenters. The summed E-state index contributed by atoms with van der Waals surface area (Å²) in [5.74, 6) is -1.47. The zero-order valence-electron chi connectivity index (χ0n) is 16.2. The Hall–Kier alpha value is -3.43. The average molecular weight is 459 g/mol. The number of hydrogen-bond donors (Lipinski definition) is 1. The van der Waals surface area contributed by atoms with Crippen LogP contribution in [0.5, 0.6) is 0 Å². The minimum absolute atomic E-state index is 0.000197. The van der Waals surface area contributed by atoms with E-state index >= 15 is 0 Å². The van der Waals surface area contributed by atoms with E-state index in [-0.39, 0.29) is 32.7 Å². The van der Waals surface area contributed by atoms with E-state index in [0.717, 1.165) is 16.3 Å². The number of benzene rings is 1. The largest absolute Gasteiger partial charge is 0.304 e. The van der Waals surface area contributed by atoms with E-state index in [1.165, 1.54) is 24.3 Å². The van der Waals surface area contributed by atoms with Gasteiger partial charge in [0.15, 0.2) is 16.7 Å². The highest BCUT2D eigenvalue weighted by atomic mass is 35.5. The van der Waals surface area contributed by atoms with Crippen molar-refractivity contribution in [1.82, 2.24) is 25.0 Å². The Morgan fingerprint density at radius 2 is 1.87 bits per heavy atom. The lowest BCUT2D eigenvalue weighted by atomic mass is 10.1. The Kier molecular flexibility index (Phi) is 5.38. The number of amides is 1. The second-order valence-electron chi connectivity index (χ2n) is 6.64. The Morgan fingerprint density at radius 1 is 1.10 bits per heavy atom. The quantitative estimate of drug-likeness (QED) is 0.499. The van der Waals surface area contributed by atoms with Crippen molar-refractivity contribution in [3.63, 3.8) is 0 Å². The first-order valence-electron chi connectivity index (χ1n) is 8.92. The number of pyridine rings is 1. The van der Waals surface area contributed by atoms with Gasteiger partial charge in [0.25, 0.3) is 5.91 Å². The highest BCUT2D eigenvalue weighted by Crippen LogP contribution is 2.22. The maximum Gasteiger partial charge on any atom is 0.281 e. The van der Waals surface area contributed by atoms with Gasteiger partial charge in [-0.25, -0.2) is 14.1 Å². The van der Waals surface area contributed by atoms with E-state index in [1.54, 1.807) is 19.9 Å². The predicted molar refractivity (Wildman–Crippen MR) is 115 cm³/mol. The van der Waals surface area contributed by atoms with E-state index in [0.29, 0.717) is 5.69 Å². The van der Waals surface area contributed by atoms with Crippen LogP contribution >= 0.6 is 23.2 Å². The molecule has 11 heteroatoms. The van der Waals surface area contributed by atoms with Crippen molar-refractivity contribution in [3.05, 3.63) is 79.6 Å². The van der Waals surface area contributed by atoms with Crippen LogP contribution < -0.4 is 10.7 Å². The number of anilines is 1. The highest BCUT2D eigenvalue weighted by Gasteiger charge is 2.22. The van der Waals surface area contributed by atoms with Gasteiger partial charge in [-0.2, -0.15) is 5.10 Å². The number of rotatable bonds is 3. The van der Waals surface area contributed by atoms with Gasteiger partial charge in [-0.15, -0.1) is 10.2 Å². The number of nitrogens with zero attached hydrogens (tertiary/aromatic N) is 5. The summed E-state index contributed by atoms with van der Waals surface area (Å²) in [5, 5.41) is 14.2. The minimum Gasteiger partial charge on any atom is -0.304 e. The van der Waals surface area contributed by atoms with Gasteiger partial charge in [0, 0.05) is 10.7 Å². The van der Waals surface area contributed by atoms with Gasteiger partial charge in [-0.05, 0) is 55.8 Å². The normalized spacial score (nSPS) is 11.0. The third kappa shape index (κ3) is 3.97. The van der Waals surface area contributed by atoms with Crippen LogP contribution in [0.2, 0.25) is 10.2 Å². The number of aryl methyl sites for hydroxylation is 2. The fourth-order valence-corrected chi connectivity index (χ4v) is 3.13. The minimum atomic E-state index is -0.855. The zero-order chi connectivity index (χ0) is 22.3. The Labute approximate surface area is 184 Å². The van der Waals surface area contributed by atoms with Gasteiger partial charge in [0.1, 0.15) is 17.0 Å². The lowest BCUT2D eigenvalue weighted by Gasteiger charge is -2.14. The van der Waals surface area contributed by atoms with E-state index in [2.05, 4.69) is 25.6 Å². The number of carbonyl (C=O) groups is 1. The second-order valence-corrected chi connectivity index (χ2v) is 7.46. The number of carbonyl (C=O) groups excluding carboxylic acids is 1. The summed E-state index contributed by atoms with van der Waals surface area (Å²) in [6.07, 6.45) is 0. The molecule has 1 N–H and O–H groups in total. The summed E-state index contributed by atoms with van der Waals surface area (Å²) in [5.41, 5.74) is 0.383. The van der Waals surface area contributed by atoms with Gasteiger partial charge in [0.05, 0.1) is 5.52 Å². The summed E-state index contributed by atoms with van der Waals surface area (Å²) in [4.78, 5) is 30.2. The standard InChI is InChI=1S/C20H13Cl2FN6O2/c1-9-7-14-17(24-10(9)2)19(30)18(20(31)25-16-6-5-15(22)26-27-16)28-29(14)13-4-3-11(21)8-12(13)23/h3-8H,1-2H3,(H,25,27,31). The Balaban J connectivity index is 1.95. The van der Waals surface area contributed by atoms with Gasteiger partial charge in [-0.1, -0.05) is 23.2 Å². The lowest BCUT2D eigenvalue weighted by Crippen LogP contribution is -2.28. The number of aromatic nitrogens is 5. The number of nitrogens with one attached hydrogen (secondary N) is 1. The highest BCUT2D eigenvalue weighted by molar-refractivity contribution is 6.30. The van der Waals surface area contributed by atoms with Crippen molar-refractivity contribution in [1.29, 1.82) is 0 Å². The molecule has 0 aliphatic carbocycles. The van der Waals surface area contributed by atoms with Gasteiger partial charge in [-0.3, -0.25) is 9.59 Å². The molecule has 156 valence electrons. The van der Waals surface area contributed by atoms with Crippen LogP contribution in [0.1, 0.15) is 21.7 Å². The first-order chi connectivity index (χ1) is 14.7. The van der Waals surface area contributed by atoms with Crippen molar-refractivity contribution < 1.29 is 9.18 Å². The summed E-state index contributed by atoms with van der Waals surface area (Å²) in [6, 6.07) is 8.48. The van der Waals surface area contributed by atoms with Crippen LogP contribution in [-0.4, -0.2) is 30.9 Å². The monoisotopic (exact) mass is 458 g/mol. The molecule has 0 aliphatic rings. The molecule has 1 amide bonds. The maximum atomic E-state index is 14.7. The molecule has 8 nitrogen and oxygen atoms in total. The van der Waals surface area contributed by atoms with Gasteiger partial charge in [0.2, 0.25) is 5.43 Å². The van der Waals surface area contributed by atoms with Crippen LogP contribution in [-0.2, 0) is 0 Å². The van der Waals surface area contributed by atoms with Crippen LogP contribution in [0.3, 0.4) is 0 Å². The van der Waals surface area contributed by atoms with E-state index in [4.69, 9.17) is 23.2 Å². The summed E-state index contributed by atoms with van der Waals surface area (Å²) < 4.78 is 15.8. The van der Waals surface area contributed by atoms with Crippen LogP contribution in [0.15, 0.2) is 41.2 Å². The smallest absolute Gasteiger partial charge is 0.281 e. The van der Waals surface area contributed by atoms with E-state index < -0.39 is 22.8 Å². The molecule has 0 bridgehead atoms. The summed E-state index contributed by atoms with van der Waals surface area (Å²) >= 11 is 11.6. The molecule has 0 fully saturated rings. The van der Waals surface area contributed by atoms with Crippen LogP contribution in [0.4, 0.5) is 10.2 Å². The van der Waals surface area contributed by atoms with Gasteiger partial charge < -0.3 is 5.32 Å². The molecule has 1 aromatic carbocycles. The molecule has 3 heterocycles. The number of hydrogen-bond acceptors (Lipinski definition) is 6. The van der Waals surface area contributed by atoms with Gasteiger partial charge >= 0.3 is 0 Å². The summed E-state index contributed by atoms with van der Waals surface area (Å²) in [7, 11) is 0. The fraction of sp³-hybridized carbons (Fsp3) is 0.100. The van der Waals surface area contributed by atoms with Crippen molar-refractivity contribution in [3.8, 4) is 5.69 Å². The van der Waals surface area contributed by atoms with Crippen LogP contribution in [0, 0.1) is 19.7 Å². The molecule has 0 radical (unpaired) electrons. The maximum absolute atomic E-state index is 14.7. The Morgan fingerprint density at radius 3 is 2.55 bits per heavy atom. The first-order valence-corrected chi connectivity index (χ1v) is 9.67. The zero-order valence-corrected chi connectivity index (χ0v) is 17.7. The molecule has 3 aromatic heterocycles. The van der Waals surface area contributed by atoms with E-state index in [1.807, 2.05) is 0 Å². The molecular formula is C20H13Cl2FN6O2. The average Bonchev–Trinajstić information content (AvgIpc) is 2.72. The molecule has 31 heavy (non-hydrogen) atoms. The molecule has 0 saturated carbocycles. The van der Waals surface area contributed by atoms with Crippen molar-refractivity contribution in [2.45, 2.75) is 13.8 Å². The lowest BCUT2D eigenvalue weighted by molar-refractivity contribution is 0.101. The third-order valence-electron chi connectivity index (χ3n) is 4.53. The van der Waals surface area contributed by atoms with Crippen LogP contribution in [0.25, 0.3) is 16.7 Å². The fourth-order valence-electron chi connectivity index (χ4n) is 2.87. The molecule has 4 aromatic rings. The number of fused-ring (bicyclic) bond motifs is 1. The molecule has 0 unspecified atom stereocenters. The molecule has 0 spiro atoms. The Bertz CT molecular complexity index is 1410.